The lowest BCUT2D eigenvalue weighted by atomic mass is 10.0. The van der Waals surface area contributed by atoms with Gasteiger partial charge in [0.1, 0.15) is 0 Å². The first-order valence-electron chi connectivity index (χ1n) is 11.9. The van der Waals surface area contributed by atoms with Crippen molar-refractivity contribution in [3.8, 4) is 6.07 Å². The Bertz CT molecular complexity index is 697. The number of hydrogen-bond acceptors (Lipinski definition) is 4. The first-order chi connectivity index (χ1) is 14.5. The highest BCUT2D eigenvalue weighted by Gasteiger charge is 2.42. The standard InChI is InChI=1S/C18H25N3.C9H20O/c1-3-11-21(12-4-2)17-7-5-15(6-8-17)13-16(14-19)18(20)9-10-18;1-8(2)6-7-10-9(3,4)5/h5-8,13H,3-4,9-12,20H2,1-2H3;8H,6-7H2,1-5H3/b16-13+;. The SMILES string of the molecule is CC(C)CCOC(C)(C)C.CCCN(CCC)c1ccc(/C=C(\C#N)C2(N)CC2)cc1. The average molecular weight is 428 g/mol. The molecule has 1 aliphatic rings. The zero-order valence-electron chi connectivity index (χ0n) is 21.0. The number of rotatable bonds is 10. The topological polar surface area (TPSA) is 62.3 Å². The number of ether oxygens (including phenoxy) is 1. The number of benzene rings is 1. The van der Waals surface area contributed by atoms with E-state index in [0.29, 0.717) is 5.57 Å². The first-order valence-corrected chi connectivity index (χ1v) is 11.9. The molecule has 0 heterocycles. The third-order valence-electron chi connectivity index (χ3n) is 5.23. The minimum Gasteiger partial charge on any atom is -0.376 e. The van der Waals surface area contributed by atoms with Crippen molar-refractivity contribution in [2.75, 3.05) is 24.6 Å². The van der Waals surface area contributed by atoms with Gasteiger partial charge in [-0.1, -0.05) is 39.8 Å². The second kappa shape index (κ2) is 12.9. The first kappa shape index (κ1) is 27.2. The lowest BCUT2D eigenvalue weighted by Crippen LogP contribution is -2.24. The fraction of sp³-hybridized carbons (Fsp3) is 0.667. The van der Waals surface area contributed by atoms with Crippen LogP contribution in [0, 0.1) is 17.2 Å². The van der Waals surface area contributed by atoms with E-state index in [4.69, 9.17) is 10.5 Å². The van der Waals surface area contributed by atoms with E-state index in [-0.39, 0.29) is 11.1 Å². The lowest BCUT2D eigenvalue weighted by molar-refractivity contribution is -0.00774. The minimum atomic E-state index is -0.357. The van der Waals surface area contributed by atoms with Crippen molar-refractivity contribution in [3.05, 3.63) is 35.4 Å². The van der Waals surface area contributed by atoms with Crippen molar-refractivity contribution in [1.82, 2.24) is 0 Å². The number of anilines is 1. The summed E-state index contributed by atoms with van der Waals surface area (Å²) < 4.78 is 5.54. The molecule has 0 aliphatic heterocycles. The largest absolute Gasteiger partial charge is 0.376 e. The Morgan fingerprint density at radius 3 is 2.10 bits per heavy atom. The molecule has 0 amide bonds. The van der Waals surface area contributed by atoms with Gasteiger partial charge in [-0.25, -0.2) is 0 Å². The Labute approximate surface area is 191 Å². The Balaban J connectivity index is 0.000000407. The number of nitriles is 1. The van der Waals surface area contributed by atoms with Gasteiger partial charge in [-0.2, -0.15) is 5.26 Å². The van der Waals surface area contributed by atoms with Gasteiger partial charge >= 0.3 is 0 Å². The molecule has 1 fully saturated rings. The maximum absolute atomic E-state index is 9.24. The summed E-state index contributed by atoms with van der Waals surface area (Å²) >= 11 is 0. The van der Waals surface area contributed by atoms with Gasteiger partial charge in [-0.05, 0) is 82.6 Å². The van der Waals surface area contributed by atoms with Gasteiger partial charge in [0, 0.05) is 31.0 Å². The van der Waals surface area contributed by atoms with E-state index in [1.165, 1.54) is 5.69 Å². The van der Waals surface area contributed by atoms with Crippen LogP contribution < -0.4 is 10.6 Å². The quantitative estimate of drug-likeness (QED) is 0.430. The van der Waals surface area contributed by atoms with Crippen LogP contribution in [0.3, 0.4) is 0 Å². The van der Waals surface area contributed by atoms with Crippen molar-refractivity contribution in [3.63, 3.8) is 0 Å². The lowest BCUT2D eigenvalue weighted by Gasteiger charge is -2.23. The van der Waals surface area contributed by atoms with E-state index in [1.807, 2.05) is 6.08 Å². The predicted octanol–water partition coefficient (Wildman–Crippen LogP) is 6.56. The predicted molar refractivity (Wildman–Crippen MR) is 134 cm³/mol. The molecule has 2 N–H and O–H groups in total. The van der Waals surface area contributed by atoms with Crippen molar-refractivity contribution in [1.29, 1.82) is 5.26 Å². The van der Waals surface area contributed by atoms with E-state index in [0.717, 1.165) is 63.3 Å². The van der Waals surface area contributed by atoms with Crippen LogP contribution >= 0.6 is 0 Å². The summed E-state index contributed by atoms with van der Waals surface area (Å²) in [5.74, 6) is 0.752. The highest BCUT2D eigenvalue weighted by Crippen LogP contribution is 2.39. The molecule has 31 heavy (non-hydrogen) atoms. The second-order valence-electron chi connectivity index (χ2n) is 10.0. The number of nitrogens with zero attached hydrogens (tertiary/aromatic N) is 2. The van der Waals surface area contributed by atoms with Crippen LogP contribution in [0.5, 0.6) is 0 Å². The normalized spacial score (nSPS) is 15.2. The van der Waals surface area contributed by atoms with E-state index < -0.39 is 0 Å². The van der Waals surface area contributed by atoms with Gasteiger partial charge in [-0.3, -0.25) is 0 Å². The third-order valence-corrected chi connectivity index (χ3v) is 5.23. The van der Waals surface area contributed by atoms with Gasteiger partial charge in [0.05, 0.1) is 17.2 Å². The molecule has 4 heteroatoms. The molecule has 0 spiro atoms. The summed E-state index contributed by atoms with van der Waals surface area (Å²) in [5, 5.41) is 9.24. The molecule has 1 aromatic rings. The number of nitrogens with two attached hydrogens (primary N) is 1. The van der Waals surface area contributed by atoms with Crippen LogP contribution in [0.25, 0.3) is 6.08 Å². The summed E-state index contributed by atoms with van der Waals surface area (Å²) in [6, 6.07) is 10.7. The molecule has 0 unspecified atom stereocenters. The van der Waals surface area contributed by atoms with Crippen LogP contribution in [0.15, 0.2) is 29.8 Å². The van der Waals surface area contributed by atoms with Crippen molar-refractivity contribution in [2.45, 2.75) is 91.7 Å². The summed E-state index contributed by atoms with van der Waals surface area (Å²) in [7, 11) is 0. The van der Waals surface area contributed by atoms with E-state index >= 15 is 0 Å². The van der Waals surface area contributed by atoms with Crippen molar-refractivity contribution in [2.24, 2.45) is 11.7 Å². The van der Waals surface area contributed by atoms with E-state index in [1.54, 1.807) is 0 Å². The number of hydrogen-bond donors (Lipinski definition) is 1. The van der Waals surface area contributed by atoms with Crippen LogP contribution in [0.1, 0.15) is 86.1 Å². The van der Waals surface area contributed by atoms with Crippen LogP contribution in [-0.4, -0.2) is 30.8 Å². The maximum atomic E-state index is 9.24. The fourth-order valence-electron chi connectivity index (χ4n) is 3.15. The Kier molecular flexibility index (Phi) is 11.3. The van der Waals surface area contributed by atoms with Gasteiger partial charge in [0.2, 0.25) is 0 Å². The van der Waals surface area contributed by atoms with Crippen LogP contribution in [-0.2, 0) is 4.74 Å². The smallest absolute Gasteiger partial charge is 0.0967 e. The van der Waals surface area contributed by atoms with Gasteiger partial charge in [0.25, 0.3) is 0 Å². The zero-order chi connectivity index (χ0) is 23.5. The van der Waals surface area contributed by atoms with Crippen LogP contribution in [0.4, 0.5) is 5.69 Å². The van der Waals surface area contributed by atoms with Crippen molar-refractivity contribution < 1.29 is 4.74 Å². The molecular weight excluding hydrogens is 382 g/mol. The van der Waals surface area contributed by atoms with Crippen molar-refractivity contribution >= 4 is 11.8 Å². The molecule has 0 bridgehead atoms. The molecule has 0 aromatic heterocycles. The Morgan fingerprint density at radius 1 is 1.16 bits per heavy atom. The highest BCUT2D eigenvalue weighted by atomic mass is 16.5. The molecule has 2 rings (SSSR count). The molecule has 4 nitrogen and oxygen atoms in total. The average Bonchev–Trinajstić information content (AvgIpc) is 3.44. The minimum absolute atomic E-state index is 0.0366. The fourth-order valence-corrected chi connectivity index (χ4v) is 3.15. The Morgan fingerprint density at radius 2 is 1.71 bits per heavy atom. The molecule has 174 valence electrons. The molecule has 0 atom stereocenters. The summed E-state index contributed by atoms with van der Waals surface area (Å²) in [6.45, 7) is 18.2. The van der Waals surface area contributed by atoms with Gasteiger partial charge in [-0.15, -0.1) is 0 Å². The van der Waals surface area contributed by atoms with Gasteiger partial charge < -0.3 is 15.4 Å². The molecular formula is C27H45N3O. The molecule has 1 aromatic carbocycles. The molecule has 1 aliphatic carbocycles. The molecule has 0 saturated heterocycles. The summed E-state index contributed by atoms with van der Waals surface area (Å²) in [4.78, 5) is 2.41. The second-order valence-corrected chi connectivity index (χ2v) is 10.0. The molecule has 0 radical (unpaired) electrons. The third kappa shape index (κ3) is 10.8. The Hall–Kier alpha value is -1.83. The maximum Gasteiger partial charge on any atom is 0.0967 e. The van der Waals surface area contributed by atoms with Gasteiger partial charge in [0.15, 0.2) is 0 Å². The summed E-state index contributed by atoms with van der Waals surface area (Å²) in [6.07, 6.45) is 7.24. The summed E-state index contributed by atoms with van der Waals surface area (Å²) in [5.41, 5.74) is 8.80. The monoisotopic (exact) mass is 427 g/mol. The van der Waals surface area contributed by atoms with Crippen LogP contribution in [0.2, 0.25) is 0 Å². The van der Waals surface area contributed by atoms with E-state index in [9.17, 15) is 5.26 Å². The molecule has 1 saturated carbocycles. The van der Waals surface area contributed by atoms with E-state index in [2.05, 4.69) is 83.7 Å². The highest BCUT2D eigenvalue weighted by molar-refractivity contribution is 5.64. The zero-order valence-corrected chi connectivity index (χ0v) is 21.0.